The first-order valence-electron chi connectivity index (χ1n) is 19.0. The smallest absolute Gasteiger partial charge is 0.410 e. The van der Waals surface area contributed by atoms with Gasteiger partial charge in [0.15, 0.2) is 5.82 Å². The summed E-state index contributed by atoms with van der Waals surface area (Å²) in [6.45, 7) is 11.5. The molecule has 53 heavy (non-hydrogen) atoms. The zero-order valence-electron chi connectivity index (χ0n) is 31.0. The highest BCUT2D eigenvalue weighted by Crippen LogP contribution is 2.45. The van der Waals surface area contributed by atoms with Crippen molar-refractivity contribution in [1.82, 2.24) is 24.6 Å². The maximum Gasteiger partial charge on any atom is 0.410 e. The molecule has 10 nitrogen and oxygen atoms in total. The van der Waals surface area contributed by atoms with Gasteiger partial charge in [0.2, 0.25) is 5.91 Å². The molecule has 0 aliphatic carbocycles. The number of hydrogen-bond acceptors (Lipinski definition) is 8. The molecule has 4 aliphatic heterocycles. The zero-order valence-corrected chi connectivity index (χ0v) is 31.8. The Morgan fingerprint density at radius 1 is 0.981 bits per heavy atom. The highest BCUT2D eigenvalue weighted by Gasteiger charge is 2.35. The van der Waals surface area contributed by atoms with Crippen molar-refractivity contribution in [2.75, 3.05) is 44.3 Å². The molecule has 0 N–H and O–H groups in total. The molecular weight excluding hydrogens is 699 g/mol. The van der Waals surface area contributed by atoms with Crippen LogP contribution in [0.25, 0.3) is 21.3 Å². The average molecular weight is 747 g/mol. The lowest BCUT2D eigenvalue weighted by Crippen LogP contribution is -2.41. The molecule has 0 bridgehead atoms. The highest BCUT2D eigenvalue weighted by atomic mass is 32.1. The molecule has 2 aromatic carbocycles. The Bertz CT molecular complexity index is 2020. The number of hydrogen-bond donors (Lipinski definition) is 0. The molecule has 13 heteroatoms. The quantitative estimate of drug-likeness (QED) is 0.202. The first kappa shape index (κ1) is 35.9. The summed E-state index contributed by atoms with van der Waals surface area (Å²) in [6, 6.07) is 7.89. The van der Waals surface area contributed by atoms with Gasteiger partial charge in [-0.05, 0) is 112 Å². The van der Waals surface area contributed by atoms with E-state index in [2.05, 4.69) is 20.6 Å². The van der Waals surface area contributed by atoms with Crippen LogP contribution in [0.3, 0.4) is 0 Å². The molecule has 0 radical (unpaired) electrons. The number of aryl methyl sites for hydroxylation is 1. The van der Waals surface area contributed by atoms with Crippen molar-refractivity contribution in [1.29, 1.82) is 0 Å². The van der Waals surface area contributed by atoms with E-state index in [1.807, 2.05) is 43.3 Å². The maximum atomic E-state index is 15.3. The number of anilines is 2. The van der Waals surface area contributed by atoms with Crippen LogP contribution in [0, 0.1) is 0 Å². The summed E-state index contributed by atoms with van der Waals surface area (Å²) in [6.07, 6.45) is 2.56. The number of aromatic nitrogens is 3. The van der Waals surface area contributed by atoms with Gasteiger partial charge >= 0.3 is 6.09 Å². The van der Waals surface area contributed by atoms with Crippen molar-refractivity contribution in [3.8, 4) is 11.1 Å². The van der Waals surface area contributed by atoms with Crippen LogP contribution in [0.5, 0.6) is 0 Å². The van der Waals surface area contributed by atoms with Gasteiger partial charge in [-0.2, -0.15) is 5.10 Å². The van der Waals surface area contributed by atoms with Crippen LogP contribution in [0.1, 0.15) is 106 Å². The number of likely N-dealkylation sites (tertiary alicyclic amines) is 1. The number of benzene rings is 2. The standard InChI is InChI=1S/C40H48F2N6O4S/c1-24(49)46-15-9-34-32(22-46)38(44-48(34)28-10-16-51-17-11-28)47-12-5-6-26-18-29(31(37(41)42)21-35(26)47)27-19-30(36-33(20-27)43-23-53-36)25-7-13-45(14-8-25)39(50)52-40(2,3)4/h18-21,23,25,28,37H,5-17,22H2,1-4H3. The fourth-order valence-corrected chi connectivity index (χ4v) is 9.46. The monoisotopic (exact) mass is 746 g/mol. The number of thiazole rings is 1. The number of carbonyl (C=O) groups excluding carboxylic acids is 2. The number of nitrogens with zero attached hydrogens (tertiary/aromatic N) is 6. The van der Waals surface area contributed by atoms with Gasteiger partial charge < -0.3 is 24.2 Å². The molecule has 4 aliphatic rings. The number of amides is 2. The Morgan fingerprint density at radius 2 is 1.75 bits per heavy atom. The lowest BCUT2D eigenvalue weighted by Gasteiger charge is -2.34. The maximum absolute atomic E-state index is 15.3. The second-order valence-electron chi connectivity index (χ2n) is 15.9. The van der Waals surface area contributed by atoms with Crippen LogP contribution in [-0.2, 0) is 33.7 Å². The molecule has 2 amide bonds. The Balaban J connectivity index is 1.16. The van der Waals surface area contributed by atoms with Crippen molar-refractivity contribution in [3.05, 3.63) is 57.7 Å². The summed E-state index contributed by atoms with van der Waals surface area (Å²) in [5.41, 5.74) is 8.34. The first-order valence-corrected chi connectivity index (χ1v) is 19.8. The van der Waals surface area contributed by atoms with E-state index in [0.29, 0.717) is 57.9 Å². The van der Waals surface area contributed by atoms with Gasteiger partial charge in [0.1, 0.15) is 5.60 Å². The zero-order chi connectivity index (χ0) is 37.0. The van der Waals surface area contributed by atoms with Gasteiger partial charge in [0.05, 0.1) is 28.3 Å². The minimum absolute atomic E-state index is 0.0148. The van der Waals surface area contributed by atoms with Gasteiger partial charge in [-0.15, -0.1) is 11.3 Å². The fraction of sp³-hybridized carbons (Fsp3) is 0.550. The second kappa shape index (κ2) is 14.3. The van der Waals surface area contributed by atoms with Crippen molar-refractivity contribution in [3.63, 3.8) is 0 Å². The van der Waals surface area contributed by atoms with E-state index in [1.54, 1.807) is 29.2 Å². The highest BCUT2D eigenvalue weighted by molar-refractivity contribution is 7.17. The predicted molar refractivity (Wildman–Crippen MR) is 201 cm³/mol. The largest absolute Gasteiger partial charge is 0.444 e. The predicted octanol–water partition coefficient (Wildman–Crippen LogP) is 8.55. The van der Waals surface area contributed by atoms with Crippen LogP contribution in [-0.4, -0.2) is 81.6 Å². The topological polar surface area (TPSA) is 93.0 Å². The van der Waals surface area contributed by atoms with E-state index in [9.17, 15) is 9.59 Å². The number of rotatable bonds is 5. The average Bonchev–Trinajstić information content (AvgIpc) is 3.78. The molecule has 0 atom stereocenters. The molecular formula is C40H48F2N6O4S. The number of carbonyl (C=O) groups is 2. The molecule has 2 saturated heterocycles. The Hall–Kier alpha value is -4.10. The van der Waals surface area contributed by atoms with Crippen molar-refractivity contribution < 1.29 is 27.8 Å². The third-order valence-corrected chi connectivity index (χ3v) is 12.2. The number of halogens is 2. The van der Waals surface area contributed by atoms with Crippen LogP contribution in [0.15, 0.2) is 29.8 Å². The molecule has 0 saturated carbocycles. The van der Waals surface area contributed by atoms with Crippen molar-refractivity contribution in [2.24, 2.45) is 0 Å². The minimum atomic E-state index is -2.70. The molecule has 8 rings (SSSR count). The molecule has 4 aromatic rings. The number of piperidine rings is 1. The fourth-order valence-electron chi connectivity index (χ4n) is 8.60. The van der Waals surface area contributed by atoms with Crippen molar-refractivity contribution >= 4 is 45.1 Å². The van der Waals surface area contributed by atoms with Gasteiger partial charge in [0.25, 0.3) is 6.43 Å². The Kier molecular flexibility index (Phi) is 9.67. The summed E-state index contributed by atoms with van der Waals surface area (Å²) in [4.78, 5) is 35.7. The van der Waals surface area contributed by atoms with Crippen LogP contribution < -0.4 is 4.90 Å². The summed E-state index contributed by atoms with van der Waals surface area (Å²) in [5, 5.41) is 5.23. The Morgan fingerprint density at radius 3 is 2.47 bits per heavy atom. The number of alkyl halides is 2. The summed E-state index contributed by atoms with van der Waals surface area (Å²) >= 11 is 1.57. The normalized spacial score (nSPS) is 18.8. The first-order chi connectivity index (χ1) is 25.4. The lowest BCUT2D eigenvalue weighted by molar-refractivity contribution is -0.129. The number of ether oxygens (including phenoxy) is 2. The molecule has 2 aromatic heterocycles. The van der Waals surface area contributed by atoms with Gasteiger partial charge in [-0.25, -0.2) is 18.6 Å². The van der Waals surface area contributed by atoms with E-state index < -0.39 is 12.0 Å². The van der Waals surface area contributed by atoms with E-state index >= 15 is 8.78 Å². The van der Waals surface area contributed by atoms with Gasteiger partial charge in [-0.1, -0.05) is 0 Å². The second-order valence-corrected chi connectivity index (χ2v) is 16.7. The molecule has 2 fully saturated rings. The van der Waals surface area contributed by atoms with Crippen LogP contribution in [0.2, 0.25) is 0 Å². The van der Waals surface area contributed by atoms with Crippen LogP contribution >= 0.6 is 11.3 Å². The third-order valence-electron chi connectivity index (χ3n) is 11.3. The lowest BCUT2D eigenvalue weighted by atomic mass is 9.86. The molecule has 282 valence electrons. The van der Waals surface area contributed by atoms with Crippen LogP contribution in [0.4, 0.5) is 25.1 Å². The third kappa shape index (κ3) is 7.02. The van der Waals surface area contributed by atoms with Crippen molar-refractivity contribution in [2.45, 2.75) is 103 Å². The van der Waals surface area contributed by atoms with E-state index in [4.69, 9.17) is 14.6 Å². The van der Waals surface area contributed by atoms with E-state index in [0.717, 1.165) is 88.2 Å². The Labute approximate surface area is 313 Å². The van der Waals surface area contributed by atoms with Gasteiger partial charge in [-0.3, -0.25) is 9.48 Å². The SMILES string of the molecule is CC(=O)N1CCc2c(c(N3CCCc4cc(-c5cc(C6CCN(C(=O)OC(C)(C)C)CC6)c6scnc6c5)c(C(F)F)cc43)nn2C2CCOCC2)C1. The molecule has 0 spiro atoms. The number of fused-ring (bicyclic) bond motifs is 3. The van der Waals surface area contributed by atoms with Gasteiger partial charge in [0, 0.05) is 75.2 Å². The van der Waals surface area contributed by atoms with E-state index in [-0.39, 0.29) is 29.5 Å². The molecule has 0 unspecified atom stereocenters. The van der Waals surface area contributed by atoms with E-state index in [1.165, 1.54) is 0 Å². The summed E-state index contributed by atoms with van der Waals surface area (Å²) < 4.78 is 45.0. The summed E-state index contributed by atoms with van der Waals surface area (Å²) in [5.74, 6) is 0.954. The molecule has 6 heterocycles. The minimum Gasteiger partial charge on any atom is -0.444 e. The summed E-state index contributed by atoms with van der Waals surface area (Å²) in [7, 11) is 0.